The maximum Gasteiger partial charge on any atom is 0.330 e. The summed E-state index contributed by atoms with van der Waals surface area (Å²) in [6.45, 7) is 2.67. The molecule has 1 saturated heterocycles. The average Bonchev–Trinajstić information content (AvgIpc) is 2.97. The Bertz CT molecular complexity index is 556. The molecule has 21 heavy (non-hydrogen) atoms. The molecule has 1 N–H and O–H groups in total. The maximum absolute atomic E-state index is 11.6. The van der Waals surface area contributed by atoms with Crippen molar-refractivity contribution in [3.05, 3.63) is 41.5 Å². The Hall–Kier alpha value is -2.14. The van der Waals surface area contributed by atoms with Gasteiger partial charge in [0.2, 0.25) is 0 Å². The average molecular weight is 290 g/mol. The molecular weight excluding hydrogens is 272 g/mol. The first-order valence-electron chi connectivity index (χ1n) is 6.85. The van der Waals surface area contributed by atoms with E-state index in [9.17, 15) is 14.7 Å². The van der Waals surface area contributed by atoms with Gasteiger partial charge in [-0.2, -0.15) is 0 Å². The second kappa shape index (κ2) is 6.54. The van der Waals surface area contributed by atoms with Crippen LogP contribution in [0.4, 0.5) is 0 Å². The highest BCUT2D eigenvalue weighted by Crippen LogP contribution is 2.34. The van der Waals surface area contributed by atoms with E-state index in [0.717, 1.165) is 5.56 Å². The molecule has 0 aromatic heterocycles. The molecule has 5 heteroatoms. The first kappa shape index (κ1) is 15.3. The predicted molar refractivity (Wildman–Crippen MR) is 76.9 cm³/mol. The van der Waals surface area contributed by atoms with Gasteiger partial charge in [-0.25, -0.2) is 4.79 Å². The lowest BCUT2D eigenvalue weighted by molar-refractivity contribution is -0.144. The summed E-state index contributed by atoms with van der Waals surface area (Å²) in [6.07, 6.45) is 3.40. The van der Waals surface area contributed by atoms with Crippen molar-refractivity contribution in [2.24, 2.45) is 0 Å². The van der Waals surface area contributed by atoms with Gasteiger partial charge in [0, 0.05) is 12.7 Å². The minimum atomic E-state index is -0.992. The Balaban J connectivity index is 2.25. The summed E-state index contributed by atoms with van der Waals surface area (Å²) in [7, 11) is 0. The van der Waals surface area contributed by atoms with Crippen LogP contribution in [-0.2, 0) is 24.5 Å². The van der Waals surface area contributed by atoms with Gasteiger partial charge in [-0.15, -0.1) is 0 Å². The van der Waals surface area contributed by atoms with Crippen LogP contribution in [0.1, 0.15) is 24.5 Å². The third-order valence-corrected chi connectivity index (χ3v) is 3.57. The molecule has 0 saturated carbocycles. The Kier molecular flexibility index (Phi) is 4.75. The third-order valence-electron chi connectivity index (χ3n) is 3.57. The monoisotopic (exact) mass is 290 g/mol. The number of rotatable bonds is 5. The topological polar surface area (TPSA) is 72.8 Å². The summed E-state index contributed by atoms with van der Waals surface area (Å²) in [6, 6.07) is 7.15. The molecule has 1 aliphatic heterocycles. The van der Waals surface area contributed by atoms with Gasteiger partial charge >= 0.3 is 11.9 Å². The number of carbonyl (C=O) groups is 2. The minimum absolute atomic E-state index is 0.174. The van der Waals surface area contributed by atoms with Crippen molar-refractivity contribution < 1.29 is 24.2 Å². The molecule has 0 amide bonds. The Morgan fingerprint density at radius 3 is 2.90 bits per heavy atom. The fourth-order valence-electron chi connectivity index (χ4n) is 2.38. The first-order valence-corrected chi connectivity index (χ1v) is 6.85. The summed E-state index contributed by atoms with van der Waals surface area (Å²) in [5, 5.41) is 9.52. The lowest BCUT2D eigenvalue weighted by atomic mass is 9.79. The number of carbonyl (C=O) groups excluding carboxylic acids is 1. The van der Waals surface area contributed by atoms with Gasteiger partial charge in [0.1, 0.15) is 5.41 Å². The highest BCUT2D eigenvalue weighted by Gasteiger charge is 2.44. The molecule has 2 rings (SSSR count). The molecule has 0 radical (unpaired) electrons. The first-order chi connectivity index (χ1) is 10.1. The summed E-state index contributed by atoms with van der Waals surface area (Å²) >= 11 is 0. The van der Waals surface area contributed by atoms with Gasteiger partial charge in [-0.05, 0) is 30.5 Å². The number of hydrogen-bond acceptors (Lipinski definition) is 4. The van der Waals surface area contributed by atoms with Crippen molar-refractivity contribution in [2.45, 2.75) is 18.8 Å². The Morgan fingerprint density at radius 2 is 2.29 bits per heavy atom. The molecule has 1 heterocycles. The lowest BCUT2D eigenvalue weighted by Gasteiger charge is -2.22. The van der Waals surface area contributed by atoms with Crippen molar-refractivity contribution in [1.29, 1.82) is 0 Å². The van der Waals surface area contributed by atoms with Crippen molar-refractivity contribution in [3.63, 3.8) is 0 Å². The lowest BCUT2D eigenvalue weighted by Crippen LogP contribution is -2.36. The van der Waals surface area contributed by atoms with E-state index >= 15 is 0 Å². The number of esters is 1. The SMILES string of the molecule is CCOC(=O)/C=C/c1cccc(C2(C(=O)O)CCOC2)c1. The summed E-state index contributed by atoms with van der Waals surface area (Å²) in [5.74, 6) is -1.30. The van der Waals surface area contributed by atoms with Crippen LogP contribution in [0.2, 0.25) is 0 Å². The van der Waals surface area contributed by atoms with E-state index in [1.165, 1.54) is 6.08 Å². The number of aliphatic carboxylic acids is 1. The zero-order valence-corrected chi connectivity index (χ0v) is 11.9. The second-order valence-corrected chi connectivity index (χ2v) is 4.90. The molecule has 0 spiro atoms. The number of hydrogen-bond donors (Lipinski definition) is 1. The van der Waals surface area contributed by atoms with Crippen molar-refractivity contribution in [2.75, 3.05) is 19.8 Å². The molecule has 0 bridgehead atoms. The van der Waals surface area contributed by atoms with E-state index in [2.05, 4.69) is 0 Å². The highest BCUT2D eigenvalue weighted by molar-refractivity contribution is 5.87. The standard InChI is InChI=1S/C16H18O5/c1-2-21-14(17)7-6-12-4-3-5-13(10-12)16(15(18)19)8-9-20-11-16/h3-7,10H,2,8-9,11H2,1H3,(H,18,19)/b7-6+. The van der Waals surface area contributed by atoms with Crippen LogP contribution in [0, 0.1) is 0 Å². The second-order valence-electron chi connectivity index (χ2n) is 4.90. The number of carboxylic acid groups (broad SMARTS) is 1. The van der Waals surface area contributed by atoms with Crippen LogP contribution in [0.25, 0.3) is 6.08 Å². The van der Waals surface area contributed by atoms with E-state index < -0.39 is 17.4 Å². The van der Waals surface area contributed by atoms with Crippen LogP contribution in [-0.4, -0.2) is 36.9 Å². The van der Waals surface area contributed by atoms with Crippen LogP contribution in [0.15, 0.2) is 30.3 Å². The van der Waals surface area contributed by atoms with E-state index in [1.54, 1.807) is 31.2 Å². The van der Waals surface area contributed by atoms with E-state index in [-0.39, 0.29) is 6.61 Å². The summed E-state index contributed by atoms with van der Waals surface area (Å²) in [5.41, 5.74) is 0.458. The number of benzene rings is 1. The normalized spacial score (nSPS) is 21.6. The van der Waals surface area contributed by atoms with Gasteiger partial charge in [0.15, 0.2) is 0 Å². The van der Waals surface area contributed by atoms with Gasteiger partial charge < -0.3 is 14.6 Å². The zero-order valence-electron chi connectivity index (χ0n) is 11.9. The van der Waals surface area contributed by atoms with Crippen molar-refractivity contribution in [1.82, 2.24) is 0 Å². The summed E-state index contributed by atoms with van der Waals surface area (Å²) in [4.78, 5) is 22.9. The summed E-state index contributed by atoms with van der Waals surface area (Å²) < 4.78 is 10.1. The molecule has 1 aromatic rings. The molecule has 1 aliphatic rings. The number of carboxylic acids is 1. The Labute approximate surface area is 123 Å². The molecular formula is C16H18O5. The predicted octanol–water partition coefficient (Wildman–Crippen LogP) is 2.01. The fourth-order valence-corrected chi connectivity index (χ4v) is 2.38. The Morgan fingerprint density at radius 1 is 1.48 bits per heavy atom. The third kappa shape index (κ3) is 3.31. The van der Waals surface area contributed by atoms with E-state index in [0.29, 0.717) is 25.2 Å². The molecule has 112 valence electrons. The highest BCUT2D eigenvalue weighted by atomic mass is 16.5. The quantitative estimate of drug-likeness (QED) is 0.663. The maximum atomic E-state index is 11.6. The van der Waals surface area contributed by atoms with Crippen molar-refractivity contribution >= 4 is 18.0 Å². The van der Waals surface area contributed by atoms with Crippen molar-refractivity contribution in [3.8, 4) is 0 Å². The van der Waals surface area contributed by atoms with Gasteiger partial charge in [-0.3, -0.25) is 4.79 Å². The minimum Gasteiger partial charge on any atom is -0.481 e. The molecule has 1 aromatic carbocycles. The molecule has 1 unspecified atom stereocenters. The van der Waals surface area contributed by atoms with Crippen LogP contribution in [0.3, 0.4) is 0 Å². The van der Waals surface area contributed by atoms with E-state index in [1.807, 2.05) is 6.07 Å². The molecule has 5 nitrogen and oxygen atoms in total. The van der Waals surface area contributed by atoms with Crippen LogP contribution < -0.4 is 0 Å². The smallest absolute Gasteiger partial charge is 0.330 e. The zero-order chi connectivity index (χ0) is 15.3. The number of ether oxygens (including phenoxy) is 2. The molecule has 1 atom stereocenters. The van der Waals surface area contributed by atoms with Gasteiger partial charge in [0.05, 0.1) is 13.2 Å². The van der Waals surface area contributed by atoms with Crippen LogP contribution in [0.5, 0.6) is 0 Å². The van der Waals surface area contributed by atoms with Gasteiger partial charge in [0.25, 0.3) is 0 Å². The molecule has 1 fully saturated rings. The molecule has 0 aliphatic carbocycles. The largest absolute Gasteiger partial charge is 0.481 e. The van der Waals surface area contributed by atoms with Crippen LogP contribution >= 0.6 is 0 Å². The van der Waals surface area contributed by atoms with Gasteiger partial charge in [-0.1, -0.05) is 24.3 Å². The van der Waals surface area contributed by atoms with E-state index in [4.69, 9.17) is 9.47 Å². The fraction of sp³-hybridized carbons (Fsp3) is 0.375.